The van der Waals surface area contributed by atoms with Gasteiger partial charge in [0.05, 0.1) is 13.2 Å². The minimum absolute atomic E-state index is 0.0782. The number of nitrogens with one attached hydrogen (secondary N) is 1. The third-order valence-corrected chi connectivity index (χ3v) is 3.10. The average molecular weight is 343 g/mol. The predicted molar refractivity (Wildman–Crippen MR) is 79.9 cm³/mol. The number of halogens is 2. The number of esters is 2. The van der Waals surface area contributed by atoms with Crippen molar-refractivity contribution in [2.24, 2.45) is 0 Å². The molecule has 1 aromatic carbocycles. The van der Waals surface area contributed by atoms with Gasteiger partial charge in [0.2, 0.25) is 11.4 Å². The van der Waals surface area contributed by atoms with Gasteiger partial charge in [0.25, 0.3) is 0 Å². The second kappa shape index (κ2) is 8.37. The lowest BCUT2D eigenvalue weighted by Crippen LogP contribution is -2.62. The van der Waals surface area contributed by atoms with Gasteiger partial charge >= 0.3 is 11.9 Å². The molecule has 0 aromatic heterocycles. The van der Waals surface area contributed by atoms with Crippen molar-refractivity contribution in [1.29, 1.82) is 0 Å². The van der Waals surface area contributed by atoms with E-state index in [9.17, 15) is 23.2 Å². The molecule has 6 nitrogen and oxygen atoms in total. The zero-order valence-electron chi connectivity index (χ0n) is 13.7. The van der Waals surface area contributed by atoms with E-state index >= 15 is 0 Å². The first kappa shape index (κ1) is 19.5. The van der Waals surface area contributed by atoms with E-state index in [1.807, 2.05) is 0 Å². The van der Waals surface area contributed by atoms with Crippen LogP contribution in [0.1, 0.15) is 26.3 Å². The van der Waals surface area contributed by atoms with Crippen LogP contribution in [0.3, 0.4) is 0 Å². The second-order valence-corrected chi connectivity index (χ2v) is 4.94. The normalized spacial score (nSPS) is 10.9. The second-order valence-electron chi connectivity index (χ2n) is 4.94. The fourth-order valence-corrected chi connectivity index (χ4v) is 2.15. The van der Waals surface area contributed by atoms with Crippen LogP contribution in [0.5, 0.6) is 0 Å². The van der Waals surface area contributed by atoms with Gasteiger partial charge in [0.15, 0.2) is 0 Å². The molecule has 0 aliphatic rings. The lowest BCUT2D eigenvalue weighted by Gasteiger charge is -2.29. The van der Waals surface area contributed by atoms with Crippen LogP contribution >= 0.6 is 0 Å². The minimum Gasteiger partial charge on any atom is -0.464 e. The number of ether oxygens (including phenoxy) is 2. The van der Waals surface area contributed by atoms with Crippen molar-refractivity contribution in [3.63, 3.8) is 0 Å². The maximum Gasteiger partial charge on any atom is 0.344 e. The summed E-state index contributed by atoms with van der Waals surface area (Å²) in [6.07, 6.45) is -0.645. The van der Waals surface area contributed by atoms with Crippen molar-refractivity contribution in [3.8, 4) is 0 Å². The van der Waals surface area contributed by atoms with Crippen LogP contribution in [-0.2, 0) is 30.3 Å². The largest absolute Gasteiger partial charge is 0.464 e. The summed E-state index contributed by atoms with van der Waals surface area (Å²) in [5, 5.41) is 2.18. The minimum atomic E-state index is -2.30. The summed E-state index contributed by atoms with van der Waals surface area (Å²) in [6, 6.07) is 2.59. The third-order valence-electron chi connectivity index (χ3n) is 3.10. The molecule has 0 radical (unpaired) electrons. The Kier molecular flexibility index (Phi) is 6.82. The van der Waals surface area contributed by atoms with Gasteiger partial charge in [0, 0.05) is 13.3 Å². The fraction of sp³-hybridized carbons (Fsp3) is 0.438. The molecule has 0 fully saturated rings. The first-order valence-electron chi connectivity index (χ1n) is 7.34. The molecule has 1 rings (SSSR count). The molecule has 1 N–H and O–H groups in total. The van der Waals surface area contributed by atoms with E-state index in [0.717, 1.165) is 25.1 Å². The quantitative estimate of drug-likeness (QED) is 0.599. The van der Waals surface area contributed by atoms with Crippen LogP contribution in [0.15, 0.2) is 18.2 Å². The monoisotopic (exact) mass is 343 g/mol. The van der Waals surface area contributed by atoms with E-state index in [2.05, 4.69) is 5.32 Å². The Morgan fingerprint density at radius 2 is 1.62 bits per heavy atom. The molecule has 1 amide bonds. The van der Waals surface area contributed by atoms with Crippen molar-refractivity contribution in [3.05, 3.63) is 35.4 Å². The highest BCUT2D eigenvalue weighted by molar-refractivity contribution is 6.08. The van der Waals surface area contributed by atoms with Crippen LogP contribution in [0, 0.1) is 11.6 Å². The van der Waals surface area contributed by atoms with Crippen LogP contribution in [0.4, 0.5) is 8.78 Å². The summed E-state index contributed by atoms with van der Waals surface area (Å²) in [6.45, 7) is 3.93. The molecular formula is C16H19F2NO5. The maximum absolute atomic E-state index is 14.0. The Balaban J connectivity index is 3.41. The molecule has 0 saturated heterocycles. The molecule has 0 aliphatic carbocycles. The van der Waals surface area contributed by atoms with Crippen LogP contribution in [0.25, 0.3) is 0 Å². The van der Waals surface area contributed by atoms with Crippen molar-refractivity contribution in [1.82, 2.24) is 5.32 Å². The molecule has 132 valence electrons. The molecule has 0 saturated carbocycles. The van der Waals surface area contributed by atoms with E-state index in [1.54, 1.807) is 0 Å². The molecule has 8 heteroatoms. The molecule has 0 unspecified atom stereocenters. The first-order valence-corrected chi connectivity index (χ1v) is 7.34. The highest BCUT2D eigenvalue weighted by Gasteiger charge is 2.50. The zero-order chi connectivity index (χ0) is 18.3. The summed E-state index contributed by atoms with van der Waals surface area (Å²) in [5.41, 5.74) is -2.57. The number of benzene rings is 1. The van der Waals surface area contributed by atoms with E-state index in [-0.39, 0.29) is 18.8 Å². The van der Waals surface area contributed by atoms with Gasteiger partial charge in [-0.05, 0) is 37.6 Å². The molecule has 0 atom stereocenters. The van der Waals surface area contributed by atoms with Gasteiger partial charge in [-0.3, -0.25) is 4.79 Å². The Labute approximate surface area is 138 Å². The fourth-order valence-electron chi connectivity index (χ4n) is 2.15. The maximum atomic E-state index is 14.0. The van der Waals surface area contributed by atoms with Gasteiger partial charge in [-0.1, -0.05) is 0 Å². The smallest absolute Gasteiger partial charge is 0.344 e. The molecule has 24 heavy (non-hydrogen) atoms. The highest BCUT2D eigenvalue weighted by atomic mass is 19.1. The van der Waals surface area contributed by atoms with Gasteiger partial charge < -0.3 is 14.8 Å². The SMILES string of the molecule is CCOC(=O)C(Cc1cc(F)ccc1F)(NC(C)=O)C(=O)OCC. The van der Waals surface area contributed by atoms with E-state index < -0.39 is 41.4 Å². The van der Waals surface area contributed by atoms with Crippen LogP contribution in [0.2, 0.25) is 0 Å². The summed E-state index contributed by atoms with van der Waals surface area (Å²) in [7, 11) is 0. The van der Waals surface area contributed by atoms with Gasteiger partial charge in [-0.15, -0.1) is 0 Å². The number of rotatable bonds is 7. The van der Waals surface area contributed by atoms with Gasteiger partial charge in [-0.25, -0.2) is 18.4 Å². The van der Waals surface area contributed by atoms with Crippen molar-refractivity contribution < 1.29 is 32.6 Å². The molecule has 0 bridgehead atoms. The number of hydrogen-bond donors (Lipinski definition) is 1. The Morgan fingerprint density at radius 1 is 1.08 bits per heavy atom. The summed E-state index contributed by atoms with van der Waals surface area (Å²) < 4.78 is 37.0. The van der Waals surface area contributed by atoms with E-state index in [0.29, 0.717) is 0 Å². The van der Waals surface area contributed by atoms with Crippen LogP contribution in [-0.4, -0.2) is 36.6 Å². The van der Waals surface area contributed by atoms with Gasteiger partial charge in [-0.2, -0.15) is 0 Å². The van der Waals surface area contributed by atoms with Crippen LogP contribution < -0.4 is 5.32 Å². The summed E-state index contributed by atoms with van der Waals surface area (Å²) in [4.78, 5) is 36.3. The number of hydrogen-bond acceptors (Lipinski definition) is 5. The Bertz CT molecular complexity index is 615. The summed E-state index contributed by atoms with van der Waals surface area (Å²) >= 11 is 0. The lowest BCUT2D eigenvalue weighted by atomic mass is 9.90. The topological polar surface area (TPSA) is 81.7 Å². The number of carbonyl (C=O) groups is 3. The van der Waals surface area contributed by atoms with Gasteiger partial charge in [0.1, 0.15) is 11.6 Å². The first-order chi connectivity index (χ1) is 11.3. The molecule has 1 aromatic rings. The summed E-state index contributed by atoms with van der Waals surface area (Å²) in [5.74, 6) is -4.53. The number of carbonyl (C=O) groups excluding carboxylic acids is 3. The van der Waals surface area contributed by atoms with Crippen molar-refractivity contribution in [2.75, 3.05) is 13.2 Å². The molecule has 0 spiro atoms. The third kappa shape index (κ3) is 4.50. The number of amides is 1. The molecule has 0 aliphatic heterocycles. The van der Waals surface area contributed by atoms with E-state index in [1.165, 1.54) is 13.8 Å². The Morgan fingerprint density at radius 3 is 2.08 bits per heavy atom. The molecular weight excluding hydrogens is 324 g/mol. The highest BCUT2D eigenvalue weighted by Crippen LogP contribution is 2.21. The zero-order valence-corrected chi connectivity index (χ0v) is 13.7. The Hall–Kier alpha value is -2.51. The van der Waals surface area contributed by atoms with E-state index in [4.69, 9.17) is 9.47 Å². The predicted octanol–water partition coefficient (Wildman–Crippen LogP) is 1.51. The average Bonchev–Trinajstić information content (AvgIpc) is 2.50. The van der Waals surface area contributed by atoms with Crippen molar-refractivity contribution in [2.45, 2.75) is 32.7 Å². The molecule has 0 heterocycles. The standard InChI is InChI=1S/C16H19F2NO5/c1-4-23-14(21)16(19-10(3)20,15(22)24-5-2)9-11-8-12(17)6-7-13(11)18/h6-8H,4-5,9H2,1-3H3,(H,19,20). The lowest BCUT2D eigenvalue weighted by molar-refractivity contribution is -0.168. The van der Waals surface area contributed by atoms with Crippen molar-refractivity contribution >= 4 is 17.8 Å².